The average molecular weight is 345 g/mol. The number of hydrogen-bond donors (Lipinski definition) is 0. The van der Waals surface area contributed by atoms with E-state index in [-0.39, 0.29) is 17.3 Å². The fourth-order valence-electron chi connectivity index (χ4n) is 2.92. The van der Waals surface area contributed by atoms with Crippen LogP contribution in [-0.4, -0.2) is 48.1 Å². The van der Waals surface area contributed by atoms with Crippen LogP contribution in [0.1, 0.15) is 18.5 Å². The molecule has 6 nitrogen and oxygen atoms in total. The summed E-state index contributed by atoms with van der Waals surface area (Å²) in [6.07, 6.45) is 2.90. The van der Waals surface area contributed by atoms with Gasteiger partial charge < -0.3 is 4.90 Å². The number of hydrogen-bond acceptors (Lipinski definition) is 4. The van der Waals surface area contributed by atoms with Gasteiger partial charge in [0.1, 0.15) is 4.90 Å². The van der Waals surface area contributed by atoms with Crippen molar-refractivity contribution in [2.45, 2.75) is 17.9 Å². The number of sulfonamides is 1. The third kappa shape index (κ3) is 3.18. The van der Waals surface area contributed by atoms with E-state index in [9.17, 15) is 13.2 Å². The minimum atomic E-state index is -3.68. The standard InChI is InChI=1S/C17H19N3O3S/c1-14(21)19-10-11-20(17(13-19)15-6-3-2-4-7-15)24(22,23)16-8-5-9-18-12-16/h2-9,12,17H,10-11,13H2,1H3. The van der Waals surface area contributed by atoms with Crippen molar-refractivity contribution >= 4 is 15.9 Å². The highest BCUT2D eigenvalue weighted by Gasteiger charge is 2.37. The Morgan fingerprint density at radius 2 is 1.88 bits per heavy atom. The summed E-state index contributed by atoms with van der Waals surface area (Å²) < 4.78 is 27.5. The second-order valence-electron chi connectivity index (χ2n) is 5.70. The number of amides is 1. The molecule has 126 valence electrons. The molecule has 0 N–H and O–H groups in total. The molecule has 1 fully saturated rings. The molecule has 2 aromatic rings. The maximum absolute atomic E-state index is 13.0. The van der Waals surface area contributed by atoms with Gasteiger partial charge in [-0.1, -0.05) is 30.3 Å². The zero-order chi connectivity index (χ0) is 17.2. The lowest BCUT2D eigenvalue weighted by molar-refractivity contribution is -0.131. The minimum Gasteiger partial charge on any atom is -0.340 e. The highest BCUT2D eigenvalue weighted by atomic mass is 32.2. The maximum atomic E-state index is 13.0. The first-order valence-corrected chi connectivity index (χ1v) is 9.16. The zero-order valence-electron chi connectivity index (χ0n) is 13.4. The Hall–Kier alpha value is -2.25. The Labute approximate surface area is 141 Å². The van der Waals surface area contributed by atoms with Gasteiger partial charge in [0.25, 0.3) is 0 Å². The molecule has 1 aliphatic rings. The van der Waals surface area contributed by atoms with Crippen LogP contribution in [0.3, 0.4) is 0 Å². The topological polar surface area (TPSA) is 70.6 Å². The van der Waals surface area contributed by atoms with Crippen LogP contribution < -0.4 is 0 Å². The molecule has 1 amide bonds. The quantitative estimate of drug-likeness (QED) is 0.848. The van der Waals surface area contributed by atoms with Crippen LogP contribution in [0.25, 0.3) is 0 Å². The number of piperazine rings is 1. The SMILES string of the molecule is CC(=O)N1CCN(S(=O)(=O)c2cccnc2)C(c2ccccc2)C1. The van der Waals surface area contributed by atoms with Crippen LogP contribution in [-0.2, 0) is 14.8 Å². The first kappa shape index (κ1) is 16.6. The second-order valence-corrected chi connectivity index (χ2v) is 7.59. The Bertz CT molecular complexity index is 809. The number of pyridine rings is 1. The molecule has 3 rings (SSSR count). The van der Waals surface area contributed by atoms with Crippen LogP contribution in [0.5, 0.6) is 0 Å². The second kappa shape index (κ2) is 6.70. The predicted molar refractivity (Wildman–Crippen MR) is 89.6 cm³/mol. The van der Waals surface area contributed by atoms with Crippen molar-refractivity contribution in [1.82, 2.24) is 14.2 Å². The lowest BCUT2D eigenvalue weighted by Gasteiger charge is -2.40. The number of aromatic nitrogens is 1. The van der Waals surface area contributed by atoms with Gasteiger partial charge in [0.05, 0.1) is 6.04 Å². The van der Waals surface area contributed by atoms with Crippen LogP contribution >= 0.6 is 0 Å². The van der Waals surface area contributed by atoms with Gasteiger partial charge in [-0.05, 0) is 17.7 Å². The monoisotopic (exact) mass is 345 g/mol. The summed E-state index contributed by atoms with van der Waals surface area (Å²) in [5.74, 6) is -0.0469. The molecule has 1 saturated heterocycles. The maximum Gasteiger partial charge on any atom is 0.245 e. The molecule has 7 heteroatoms. The molecule has 1 atom stereocenters. The van der Waals surface area contributed by atoms with E-state index in [0.717, 1.165) is 5.56 Å². The summed E-state index contributed by atoms with van der Waals surface area (Å²) >= 11 is 0. The summed E-state index contributed by atoms with van der Waals surface area (Å²) in [6.45, 7) is 2.50. The van der Waals surface area contributed by atoms with E-state index in [1.165, 1.54) is 17.4 Å². The fraction of sp³-hybridized carbons (Fsp3) is 0.294. The number of carbonyl (C=O) groups excluding carboxylic acids is 1. The lowest BCUT2D eigenvalue weighted by Crippen LogP contribution is -2.51. The van der Waals surface area contributed by atoms with Gasteiger partial charge in [-0.25, -0.2) is 8.42 Å². The van der Waals surface area contributed by atoms with Gasteiger partial charge in [-0.15, -0.1) is 0 Å². The van der Waals surface area contributed by atoms with Crippen LogP contribution in [0, 0.1) is 0 Å². The highest BCUT2D eigenvalue weighted by molar-refractivity contribution is 7.89. The van der Waals surface area contributed by atoms with Gasteiger partial charge in [0, 0.05) is 39.0 Å². The smallest absolute Gasteiger partial charge is 0.245 e. The van der Waals surface area contributed by atoms with Crippen LogP contribution in [0.15, 0.2) is 59.8 Å². The molecule has 1 aromatic heterocycles. The van der Waals surface area contributed by atoms with E-state index in [0.29, 0.717) is 13.1 Å². The van der Waals surface area contributed by atoms with Gasteiger partial charge in [0.15, 0.2) is 0 Å². The van der Waals surface area contributed by atoms with Gasteiger partial charge in [-0.2, -0.15) is 4.31 Å². The molecular weight excluding hydrogens is 326 g/mol. The normalized spacial score (nSPS) is 19.2. The molecule has 1 aliphatic heterocycles. The van der Waals surface area contributed by atoms with Crippen molar-refractivity contribution in [3.8, 4) is 0 Å². The molecule has 2 heterocycles. The van der Waals surface area contributed by atoms with Crippen molar-refractivity contribution in [1.29, 1.82) is 0 Å². The summed E-state index contributed by atoms with van der Waals surface area (Å²) in [6, 6.07) is 12.1. The lowest BCUT2D eigenvalue weighted by atomic mass is 10.0. The van der Waals surface area contributed by atoms with E-state index in [1.54, 1.807) is 23.2 Å². The summed E-state index contributed by atoms with van der Waals surface area (Å²) in [4.78, 5) is 17.5. The van der Waals surface area contributed by atoms with Gasteiger partial charge in [-0.3, -0.25) is 9.78 Å². The molecule has 1 aromatic carbocycles. The summed E-state index contributed by atoms with van der Waals surface area (Å²) in [5, 5.41) is 0. The number of rotatable bonds is 3. The van der Waals surface area contributed by atoms with Crippen molar-refractivity contribution in [3.05, 3.63) is 60.4 Å². The Balaban J connectivity index is 2.00. The van der Waals surface area contributed by atoms with E-state index in [1.807, 2.05) is 30.3 Å². The van der Waals surface area contributed by atoms with E-state index >= 15 is 0 Å². The van der Waals surface area contributed by atoms with Crippen LogP contribution in [0.2, 0.25) is 0 Å². The third-order valence-corrected chi connectivity index (χ3v) is 6.09. The number of benzene rings is 1. The van der Waals surface area contributed by atoms with E-state index < -0.39 is 16.1 Å². The first-order valence-electron chi connectivity index (χ1n) is 7.72. The van der Waals surface area contributed by atoms with Gasteiger partial charge >= 0.3 is 0 Å². The number of nitrogens with zero attached hydrogens (tertiary/aromatic N) is 3. The van der Waals surface area contributed by atoms with Gasteiger partial charge in [0.2, 0.25) is 15.9 Å². The summed E-state index contributed by atoms with van der Waals surface area (Å²) in [7, 11) is -3.68. The molecule has 0 spiro atoms. The average Bonchev–Trinajstić information content (AvgIpc) is 2.62. The fourth-order valence-corrected chi connectivity index (χ4v) is 4.48. The molecular formula is C17H19N3O3S. The Morgan fingerprint density at radius 1 is 1.12 bits per heavy atom. The molecule has 0 saturated carbocycles. The highest BCUT2D eigenvalue weighted by Crippen LogP contribution is 2.30. The van der Waals surface area contributed by atoms with Crippen molar-refractivity contribution < 1.29 is 13.2 Å². The van der Waals surface area contributed by atoms with Crippen molar-refractivity contribution in [3.63, 3.8) is 0 Å². The zero-order valence-corrected chi connectivity index (χ0v) is 14.2. The molecule has 0 radical (unpaired) electrons. The largest absolute Gasteiger partial charge is 0.340 e. The first-order chi connectivity index (χ1) is 11.5. The third-order valence-electron chi connectivity index (χ3n) is 4.20. The number of carbonyl (C=O) groups is 1. The summed E-state index contributed by atoms with van der Waals surface area (Å²) in [5.41, 5.74) is 0.871. The van der Waals surface area contributed by atoms with E-state index in [4.69, 9.17) is 0 Å². The Morgan fingerprint density at radius 3 is 2.50 bits per heavy atom. The molecule has 1 unspecified atom stereocenters. The van der Waals surface area contributed by atoms with Crippen molar-refractivity contribution in [2.75, 3.05) is 19.6 Å². The Kier molecular flexibility index (Phi) is 4.64. The van der Waals surface area contributed by atoms with Crippen LogP contribution in [0.4, 0.5) is 0 Å². The minimum absolute atomic E-state index is 0.0469. The predicted octanol–water partition coefficient (Wildman–Crippen LogP) is 1.68. The molecule has 24 heavy (non-hydrogen) atoms. The molecule has 0 bridgehead atoms. The van der Waals surface area contributed by atoms with Crippen molar-refractivity contribution in [2.24, 2.45) is 0 Å². The van der Waals surface area contributed by atoms with E-state index in [2.05, 4.69) is 4.98 Å². The molecule has 0 aliphatic carbocycles.